The average Bonchev–Trinajstić information content (AvgIpc) is 3.33. The van der Waals surface area contributed by atoms with Crippen LogP contribution in [0.15, 0.2) is 29.7 Å². The van der Waals surface area contributed by atoms with E-state index in [1.54, 1.807) is 22.9 Å². The molecular formula is C16H16Cl2N6OS. The van der Waals surface area contributed by atoms with Gasteiger partial charge in [-0.25, -0.2) is 4.68 Å². The van der Waals surface area contributed by atoms with Gasteiger partial charge in [0, 0.05) is 12.3 Å². The Morgan fingerprint density at radius 2 is 2.12 bits per heavy atom. The van der Waals surface area contributed by atoms with Crippen LogP contribution in [0, 0.1) is 0 Å². The fourth-order valence-electron chi connectivity index (χ4n) is 3.16. The van der Waals surface area contributed by atoms with E-state index in [-0.39, 0.29) is 11.7 Å². The number of rotatable bonds is 5. The summed E-state index contributed by atoms with van der Waals surface area (Å²) in [4.78, 5) is 12.4. The fraction of sp³-hybridized carbons (Fsp3) is 0.375. The molecule has 0 aliphatic heterocycles. The van der Waals surface area contributed by atoms with E-state index in [1.807, 2.05) is 10.7 Å². The molecule has 3 aromatic heterocycles. The number of carbonyl (C=O) groups excluding carboxylic acids is 1. The van der Waals surface area contributed by atoms with Gasteiger partial charge in [-0.05, 0) is 18.9 Å². The summed E-state index contributed by atoms with van der Waals surface area (Å²) in [6.07, 6.45) is 8.02. The highest BCUT2D eigenvalue weighted by atomic mass is 35.5. The van der Waals surface area contributed by atoms with Crippen molar-refractivity contribution in [2.45, 2.75) is 36.9 Å². The molecule has 26 heavy (non-hydrogen) atoms. The van der Waals surface area contributed by atoms with E-state index >= 15 is 0 Å². The van der Waals surface area contributed by atoms with Crippen molar-refractivity contribution in [2.24, 2.45) is 0 Å². The predicted octanol–water partition coefficient (Wildman–Crippen LogP) is 4.08. The summed E-state index contributed by atoms with van der Waals surface area (Å²) in [6.45, 7) is 0. The van der Waals surface area contributed by atoms with Gasteiger partial charge in [0.2, 0.25) is 5.91 Å². The van der Waals surface area contributed by atoms with E-state index < -0.39 is 0 Å². The molecule has 0 unspecified atom stereocenters. The quantitative estimate of drug-likeness (QED) is 0.641. The second-order valence-electron chi connectivity index (χ2n) is 6.12. The van der Waals surface area contributed by atoms with Gasteiger partial charge in [0.05, 0.1) is 28.0 Å². The van der Waals surface area contributed by atoms with Crippen molar-refractivity contribution >= 4 is 52.3 Å². The van der Waals surface area contributed by atoms with E-state index in [4.69, 9.17) is 23.2 Å². The number of aromatic nitrogens is 5. The Hall–Kier alpha value is -1.77. The third-order valence-electron chi connectivity index (χ3n) is 4.34. The lowest BCUT2D eigenvalue weighted by Crippen LogP contribution is -2.19. The van der Waals surface area contributed by atoms with Gasteiger partial charge in [0.1, 0.15) is 5.82 Å². The summed E-state index contributed by atoms with van der Waals surface area (Å²) in [6, 6.07) is 3.81. The van der Waals surface area contributed by atoms with Crippen LogP contribution in [0.25, 0.3) is 5.65 Å². The van der Waals surface area contributed by atoms with Crippen LogP contribution in [0.4, 0.5) is 5.82 Å². The number of fused-ring (bicyclic) bond motifs is 1. The van der Waals surface area contributed by atoms with Gasteiger partial charge in [-0.15, -0.1) is 10.2 Å². The van der Waals surface area contributed by atoms with Crippen molar-refractivity contribution in [3.05, 3.63) is 34.6 Å². The van der Waals surface area contributed by atoms with Crippen LogP contribution in [0.1, 0.15) is 31.7 Å². The van der Waals surface area contributed by atoms with Crippen molar-refractivity contribution in [1.82, 2.24) is 24.4 Å². The molecular weight excluding hydrogens is 395 g/mol. The molecule has 1 aliphatic rings. The fourth-order valence-corrected chi connectivity index (χ4v) is 4.38. The maximum Gasteiger partial charge on any atom is 0.235 e. The van der Waals surface area contributed by atoms with Crippen LogP contribution < -0.4 is 5.32 Å². The van der Waals surface area contributed by atoms with Gasteiger partial charge >= 0.3 is 0 Å². The van der Waals surface area contributed by atoms with Crippen LogP contribution >= 0.6 is 35.0 Å². The number of pyridine rings is 1. The second-order valence-corrected chi connectivity index (χ2v) is 7.90. The minimum absolute atomic E-state index is 0.125. The first-order valence-corrected chi connectivity index (χ1v) is 10.0. The molecule has 3 heterocycles. The van der Waals surface area contributed by atoms with Gasteiger partial charge in [-0.1, -0.05) is 47.8 Å². The largest absolute Gasteiger partial charge is 0.310 e. The van der Waals surface area contributed by atoms with Gasteiger partial charge in [0.15, 0.2) is 10.8 Å². The lowest BCUT2D eigenvalue weighted by molar-refractivity contribution is -0.113. The topological polar surface area (TPSA) is 77.1 Å². The smallest absolute Gasteiger partial charge is 0.235 e. The average molecular weight is 411 g/mol. The van der Waals surface area contributed by atoms with Crippen LogP contribution in [0.3, 0.4) is 0 Å². The molecule has 4 rings (SSSR count). The monoisotopic (exact) mass is 410 g/mol. The first-order chi connectivity index (χ1) is 12.6. The lowest BCUT2D eigenvalue weighted by atomic mass is 10.2. The van der Waals surface area contributed by atoms with Crippen LogP contribution in [0.5, 0.6) is 0 Å². The number of thioether (sulfide) groups is 1. The summed E-state index contributed by atoms with van der Waals surface area (Å²) in [5.74, 6) is 0.806. The van der Waals surface area contributed by atoms with Gasteiger partial charge in [-0.2, -0.15) is 5.10 Å². The number of amides is 1. The van der Waals surface area contributed by atoms with E-state index in [1.165, 1.54) is 24.6 Å². The maximum atomic E-state index is 12.4. The third kappa shape index (κ3) is 3.54. The molecule has 1 aliphatic carbocycles. The number of carbonyl (C=O) groups is 1. The summed E-state index contributed by atoms with van der Waals surface area (Å²) in [7, 11) is 0. The Kier molecular flexibility index (Phi) is 5.06. The van der Waals surface area contributed by atoms with E-state index in [0.29, 0.717) is 26.9 Å². The van der Waals surface area contributed by atoms with Gasteiger partial charge < -0.3 is 5.32 Å². The highest BCUT2D eigenvalue weighted by Crippen LogP contribution is 2.31. The zero-order valence-electron chi connectivity index (χ0n) is 13.7. The lowest BCUT2D eigenvalue weighted by Gasteiger charge is -2.14. The normalized spacial score (nSPS) is 15.0. The van der Waals surface area contributed by atoms with Crippen LogP contribution in [-0.2, 0) is 4.79 Å². The first-order valence-electron chi connectivity index (χ1n) is 8.28. The number of halogens is 2. The highest BCUT2D eigenvalue weighted by molar-refractivity contribution is 7.99. The summed E-state index contributed by atoms with van der Waals surface area (Å²) in [5, 5.41) is 16.9. The SMILES string of the molecule is O=C(CSc1nnc2c(Cl)cc(Cl)cn12)Nc1ccnn1C1CCCC1. The van der Waals surface area contributed by atoms with Crippen LogP contribution in [-0.4, -0.2) is 36.0 Å². The molecule has 0 spiro atoms. The minimum atomic E-state index is -0.125. The molecule has 1 amide bonds. The zero-order chi connectivity index (χ0) is 18.1. The Morgan fingerprint density at radius 1 is 1.31 bits per heavy atom. The minimum Gasteiger partial charge on any atom is -0.310 e. The van der Waals surface area contributed by atoms with Crippen molar-refractivity contribution in [2.75, 3.05) is 11.1 Å². The number of hydrogen-bond acceptors (Lipinski definition) is 5. The number of hydrogen-bond donors (Lipinski definition) is 1. The molecule has 10 heteroatoms. The molecule has 136 valence electrons. The molecule has 1 N–H and O–H groups in total. The number of nitrogens with zero attached hydrogens (tertiary/aromatic N) is 5. The Labute approximate surface area is 164 Å². The second kappa shape index (κ2) is 7.46. The maximum absolute atomic E-state index is 12.4. The zero-order valence-corrected chi connectivity index (χ0v) is 16.1. The number of nitrogens with one attached hydrogen (secondary N) is 1. The van der Waals surface area contributed by atoms with Crippen molar-refractivity contribution < 1.29 is 4.79 Å². The van der Waals surface area contributed by atoms with E-state index in [2.05, 4.69) is 20.6 Å². The molecule has 0 atom stereocenters. The highest BCUT2D eigenvalue weighted by Gasteiger charge is 2.20. The van der Waals surface area contributed by atoms with E-state index in [9.17, 15) is 4.79 Å². The molecule has 1 fully saturated rings. The molecule has 7 nitrogen and oxygen atoms in total. The summed E-state index contributed by atoms with van der Waals surface area (Å²) >= 11 is 13.4. The molecule has 0 radical (unpaired) electrons. The Morgan fingerprint density at radius 3 is 2.92 bits per heavy atom. The first kappa shape index (κ1) is 17.6. The van der Waals surface area contributed by atoms with Crippen LogP contribution in [0.2, 0.25) is 10.0 Å². The molecule has 1 saturated carbocycles. The van der Waals surface area contributed by atoms with Crippen molar-refractivity contribution in [3.8, 4) is 0 Å². The molecule has 3 aromatic rings. The molecule has 0 bridgehead atoms. The molecule has 0 saturated heterocycles. The van der Waals surface area contributed by atoms with Crippen molar-refractivity contribution in [1.29, 1.82) is 0 Å². The predicted molar refractivity (Wildman–Crippen MR) is 102 cm³/mol. The van der Waals surface area contributed by atoms with E-state index in [0.717, 1.165) is 18.7 Å². The Bertz CT molecular complexity index is 950. The Balaban J connectivity index is 1.43. The summed E-state index contributed by atoms with van der Waals surface area (Å²) < 4.78 is 3.60. The van der Waals surface area contributed by atoms with Gasteiger partial charge in [-0.3, -0.25) is 9.20 Å². The van der Waals surface area contributed by atoms with Crippen molar-refractivity contribution in [3.63, 3.8) is 0 Å². The third-order valence-corrected chi connectivity index (χ3v) is 5.76. The van der Waals surface area contributed by atoms with Gasteiger partial charge in [0.25, 0.3) is 0 Å². The number of anilines is 1. The summed E-state index contributed by atoms with van der Waals surface area (Å²) in [5.41, 5.74) is 0.512. The molecule has 0 aromatic carbocycles. The standard InChI is InChI=1S/C16H16Cl2N6OS/c17-10-7-12(18)15-21-22-16(23(15)8-10)26-9-14(25)20-13-5-6-19-24(13)11-3-1-2-4-11/h5-8,11H,1-4,9H2,(H,20,25).